The summed E-state index contributed by atoms with van der Waals surface area (Å²) in [5, 5.41) is 0. The van der Waals surface area contributed by atoms with Crippen LogP contribution in [-0.2, 0) is 59.0 Å². The average molecular weight is 1060 g/mol. The first kappa shape index (κ1) is 59.4. The van der Waals surface area contributed by atoms with Gasteiger partial charge in [-0.2, -0.15) is 13.2 Å². The van der Waals surface area contributed by atoms with Crippen LogP contribution in [0.2, 0.25) is 0 Å². The predicted octanol–water partition coefficient (Wildman–Crippen LogP) is 15.7. The quantitative estimate of drug-likeness (QED) is 0.0609. The van der Waals surface area contributed by atoms with Gasteiger partial charge in [0.2, 0.25) is 0 Å². The number of halogens is 3. The van der Waals surface area contributed by atoms with Gasteiger partial charge in [-0.3, -0.25) is 0 Å². The van der Waals surface area contributed by atoms with Crippen LogP contribution in [0.1, 0.15) is 104 Å². The van der Waals surface area contributed by atoms with Crippen LogP contribution in [0.5, 0.6) is 0 Å². The van der Waals surface area contributed by atoms with Crippen molar-refractivity contribution in [3.05, 3.63) is 211 Å². The van der Waals surface area contributed by atoms with E-state index in [1.165, 1.54) is 53.3 Å². The zero-order valence-electron chi connectivity index (χ0n) is 42.1. The van der Waals surface area contributed by atoms with Crippen LogP contribution in [0.25, 0.3) is 0 Å². The van der Waals surface area contributed by atoms with E-state index in [-0.39, 0.29) is 38.4 Å². The number of alkyl halides is 3. The third kappa shape index (κ3) is 20.0. The van der Waals surface area contributed by atoms with Crippen LogP contribution >= 0.6 is 0 Å². The van der Waals surface area contributed by atoms with Crippen LogP contribution < -0.4 is 0 Å². The molecular weight excluding hydrogens is 990 g/mol. The third-order valence-corrected chi connectivity index (χ3v) is 17.2. The van der Waals surface area contributed by atoms with Crippen molar-refractivity contribution in [2.45, 2.75) is 138 Å². The summed E-state index contributed by atoms with van der Waals surface area (Å²) in [5.74, 6) is -0.195. The van der Waals surface area contributed by atoms with E-state index in [2.05, 4.69) is 218 Å². The number of benzene rings is 7. The Bertz CT molecular complexity index is 2660. The highest BCUT2D eigenvalue weighted by molar-refractivity contribution is 7.97. The van der Waals surface area contributed by atoms with Gasteiger partial charge in [0.25, 0.3) is 0 Å². The highest BCUT2D eigenvalue weighted by atomic mass is 32.2. The van der Waals surface area contributed by atoms with E-state index in [1.54, 1.807) is 0 Å². The van der Waals surface area contributed by atoms with Crippen molar-refractivity contribution >= 4 is 42.0 Å². The maximum atomic E-state index is 12.2. The molecule has 13 heteroatoms. The van der Waals surface area contributed by atoms with Gasteiger partial charge in [-0.25, -0.2) is 16.8 Å². The maximum absolute atomic E-state index is 12.2. The fraction of sp³-hybridized carbons (Fsp3) is 0.288. The zero-order chi connectivity index (χ0) is 53.0. The Balaban J connectivity index is 0.000000217. The molecule has 0 aliphatic carbocycles. The molecule has 0 saturated carbocycles. The largest absolute Gasteiger partial charge is 0.748 e. The minimum atomic E-state index is -5.09. The highest BCUT2D eigenvalue weighted by Crippen LogP contribution is 2.36. The normalized spacial score (nSPS) is 11.9. The molecular formula is C59H67F3O6S4. The van der Waals surface area contributed by atoms with E-state index in [9.17, 15) is 39.1 Å². The molecule has 0 atom stereocenters. The van der Waals surface area contributed by atoms with E-state index >= 15 is 0 Å². The van der Waals surface area contributed by atoms with Crippen LogP contribution in [0.4, 0.5) is 13.2 Å². The van der Waals surface area contributed by atoms with E-state index in [1.807, 2.05) is 0 Å². The minimum Gasteiger partial charge on any atom is -0.748 e. The lowest BCUT2D eigenvalue weighted by molar-refractivity contribution is -0.140. The van der Waals surface area contributed by atoms with Crippen molar-refractivity contribution in [3.63, 3.8) is 0 Å². The summed E-state index contributed by atoms with van der Waals surface area (Å²) in [6.45, 7) is 15.7. The van der Waals surface area contributed by atoms with Crippen LogP contribution in [0, 0.1) is 0 Å². The molecule has 0 radical (unpaired) electrons. The van der Waals surface area contributed by atoms with Crippen molar-refractivity contribution in [1.82, 2.24) is 0 Å². The van der Waals surface area contributed by atoms with Gasteiger partial charge in [-0.05, 0) is 113 Å². The van der Waals surface area contributed by atoms with Crippen LogP contribution in [-0.4, -0.2) is 31.7 Å². The van der Waals surface area contributed by atoms with Gasteiger partial charge in [0.1, 0.15) is 10.1 Å². The van der Waals surface area contributed by atoms with Gasteiger partial charge in [0.15, 0.2) is 29.4 Å². The first-order valence-electron chi connectivity index (χ1n) is 23.9. The standard InChI is InChI=1S/2C22H23S.C8H18O3S.C7H5F3O3S/c2*1-22(2,3)18-14-16-21(17-15-18)23(19-10-6-4-7-11-19)20-12-8-5-9-13-20;1-2-3-4-5-6-7-8-12(9,10)11;8-7(9,10)5-3-1-2-4-6(5)14(11,12)13/h2*4-17H,1-3H3;2-8H2,1H3,(H,9,10,11);1-4H,(H,11,12,13)/q2*+1;;/p-2. The molecule has 7 rings (SSSR count). The molecule has 0 saturated heterocycles. The molecule has 7 aromatic carbocycles. The second-order valence-electron chi connectivity index (χ2n) is 18.9. The Hall–Kier alpha value is -5.15. The molecule has 0 heterocycles. The molecule has 7 aromatic rings. The Morgan fingerprint density at radius 2 is 0.694 bits per heavy atom. The molecule has 0 fully saturated rings. The maximum Gasteiger partial charge on any atom is 0.417 e. The minimum absolute atomic E-state index is 0.0497. The highest BCUT2D eigenvalue weighted by Gasteiger charge is 2.35. The fourth-order valence-electron chi connectivity index (χ4n) is 7.20. The lowest BCUT2D eigenvalue weighted by atomic mass is 9.87. The van der Waals surface area contributed by atoms with E-state index < -0.39 is 36.9 Å². The van der Waals surface area contributed by atoms with Gasteiger partial charge in [-0.1, -0.05) is 190 Å². The number of hydrogen-bond acceptors (Lipinski definition) is 6. The van der Waals surface area contributed by atoms with Gasteiger partial charge in [0.05, 0.1) is 42.4 Å². The fourth-order valence-corrected chi connectivity index (χ4v) is 12.6. The monoisotopic (exact) mass is 1060 g/mol. The molecule has 0 aliphatic heterocycles. The van der Waals surface area contributed by atoms with Gasteiger partial charge in [0, 0.05) is 5.75 Å². The first-order chi connectivity index (χ1) is 33.9. The van der Waals surface area contributed by atoms with Gasteiger partial charge < -0.3 is 9.11 Å². The third-order valence-electron chi connectivity index (χ3n) is 11.0. The van der Waals surface area contributed by atoms with E-state index in [0.29, 0.717) is 18.6 Å². The molecule has 0 spiro atoms. The Morgan fingerprint density at radius 3 is 0.972 bits per heavy atom. The molecule has 72 heavy (non-hydrogen) atoms. The van der Waals surface area contributed by atoms with Gasteiger partial charge >= 0.3 is 6.18 Å². The van der Waals surface area contributed by atoms with Crippen molar-refractivity contribution in [3.8, 4) is 0 Å². The molecule has 0 aromatic heterocycles. The number of rotatable bonds is 14. The molecule has 6 nitrogen and oxygen atoms in total. The zero-order valence-corrected chi connectivity index (χ0v) is 45.4. The van der Waals surface area contributed by atoms with Crippen LogP contribution in [0.3, 0.4) is 0 Å². The van der Waals surface area contributed by atoms with Crippen LogP contribution in [0.15, 0.2) is 228 Å². The van der Waals surface area contributed by atoms with Crippen molar-refractivity contribution in [2.75, 3.05) is 5.75 Å². The number of hydrogen-bond donors (Lipinski definition) is 0. The molecule has 0 aliphatic rings. The lowest BCUT2D eigenvalue weighted by Gasteiger charge is -2.19. The Morgan fingerprint density at radius 1 is 0.403 bits per heavy atom. The Labute approximate surface area is 433 Å². The Kier molecular flexibility index (Phi) is 22.9. The summed E-state index contributed by atoms with van der Waals surface area (Å²) in [5.41, 5.74) is 1.71. The number of unbranched alkanes of at least 4 members (excludes halogenated alkanes) is 5. The second kappa shape index (κ2) is 27.8. The topological polar surface area (TPSA) is 114 Å². The predicted molar refractivity (Wildman–Crippen MR) is 288 cm³/mol. The summed E-state index contributed by atoms with van der Waals surface area (Å²) in [7, 11) is -9.15. The van der Waals surface area contributed by atoms with Crippen molar-refractivity contribution in [1.29, 1.82) is 0 Å². The first-order valence-corrected chi connectivity index (χ1v) is 29.3. The van der Waals surface area contributed by atoms with E-state index in [4.69, 9.17) is 0 Å². The smallest absolute Gasteiger partial charge is 0.417 e. The molecule has 0 unspecified atom stereocenters. The van der Waals surface area contributed by atoms with Gasteiger partial charge in [-0.15, -0.1) is 0 Å². The molecule has 0 bridgehead atoms. The second-order valence-corrected chi connectivity index (χ2v) is 25.8. The summed E-state index contributed by atoms with van der Waals surface area (Å²) in [4.78, 5) is 6.95. The van der Waals surface area contributed by atoms with E-state index in [0.717, 1.165) is 31.4 Å². The van der Waals surface area contributed by atoms with Crippen molar-refractivity contribution < 1.29 is 39.1 Å². The molecule has 384 valence electrons. The summed E-state index contributed by atoms with van der Waals surface area (Å²) in [6.07, 6.45) is 1.12. The molecule has 0 N–H and O–H groups in total. The SMILES string of the molecule is CC(C)(C)c1ccc([S+](c2ccccc2)c2ccccc2)cc1.CC(C)(C)c1ccc([S+](c2ccccc2)c2ccccc2)cc1.CCCCCCCCS(=O)(=O)[O-].O=S(=O)([O-])c1ccccc1C(F)(F)F. The average Bonchev–Trinajstić information content (AvgIpc) is 3.34. The summed E-state index contributed by atoms with van der Waals surface area (Å²) in [6, 6.07) is 64.7. The summed E-state index contributed by atoms with van der Waals surface area (Å²) >= 11 is 0. The molecule has 0 amide bonds. The lowest BCUT2D eigenvalue weighted by Crippen LogP contribution is -2.12. The van der Waals surface area contributed by atoms with Crippen molar-refractivity contribution in [2.24, 2.45) is 0 Å². The summed E-state index contributed by atoms with van der Waals surface area (Å²) < 4.78 is 98.4.